The third-order valence-corrected chi connectivity index (χ3v) is 4.34. The molecule has 124 valence electrons. The molecule has 0 amide bonds. The van der Waals surface area contributed by atoms with Crippen molar-refractivity contribution in [1.82, 2.24) is 29.9 Å². The fraction of sp³-hybridized carbons (Fsp3) is 0.176. The summed E-state index contributed by atoms with van der Waals surface area (Å²) >= 11 is 0. The molecule has 8 heteroatoms. The molecule has 0 fully saturated rings. The third-order valence-electron chi connectivity index (χ3n) is 4.34. The van der Waals surface area contributed by atoms with E-state index in [0.29, 0.717) is 36.8 Å². The third kappa shape index (κ3) is 2.22. The highest BCUT2D eigenvalue weighted by atomic mass is 19.1. The Bertz CT molecular complexity index is 1070. The Morgan fingerprint density at radius 1 is 1.16 bits per heavy atom. The molecule has 0 saturated heterocycles. The number of hydrogen-bond donors (Lipinski definition) is 1. The molecule has 0 radical (unpaired) electrons. The molecule has 7 nitrogen and oxygen atoms in total. The topological polar surface area (TPSA) is 81.5 Å². The Morgan fingerprint density at radius 3 is 3.00 bits per heavy atom. The van der Waals surface area contributed by atoms with Gasteiger partial charge in [-0.15, -0.1) is 0 Å². The quantitative estimate of drug-likeness (QED) is 0.608. The van der Waals surface area contributed by atoms with E-state index >= 15 is 0 Å². The van der Waals surface area contributed by atoms with E-state index in [1.54, 1.807) is 18.5 Å². The predicted octanol–water partition coefficient (Wildman–Crippen LogP) is 2.55. The van der Waals surface area contributed by atoms with Gasteiger partial charge in [-0.25, -0.2) is 9.37 Å². The molecule has 0 aromatic carbocycles. The molecule has 4 aromatic rings. The first-order chi connectivity index (χ1) is 12.3. The maximum absolute atomic E-state index is 13.3. The molecular formula is C17H13FN6O. The Morgan fingerprint density at radius 2 is 2.12 bits per heavy atom. The van der Waals surface area contributed by atoms with E-state index in [2.05, 4.69) is 20.2 Å². The van der Waals surface area contributed by atoms with E-state index in [9.17, 15) is 4.39 Å². The van der Waals surface area contributed by atoms with Gasteiger partial charge in [0.2, 0.25) is 0 Å². The van der Waals surface area contributed by atoms with E-state index in [1.807, 2.05) is 10.7 Å². The second-order valence-electron chi connectivity index (χ2n) is 5.80. The van der Waals surface area contributed by atoms with Crippen LogP contribution in [0, 0.1) is 5.82 Å². The summed E-state index contributed by atoms with van der Waals surface area (Å²) in [4.78, 5) is 8.51. The summed E-state index contributed by atoms with van der Waals surface area (Å²) in [5.41, 5.74) is 4.87. The van der Waals surface area contributed by atoms with Crippen LogP contribution in [-0.2, 0) is 17.9 Å². The average Bonchev–Trinajstić information content (AvgIpc) is 3.26. The van der Waals surface area contributed by atoms with Crippen LogP contribution < -0.4 is 0 Å². The lowest BCUT2D eigenvalue weighted by atomic mass is 9.99. The second-order valence-corrected chi connectivity index (χ2v) is 5.80. The van der Waals surface area contributed by atoms with Crippen molar-refractivity contribution >= 4 is 11.0 Å². The van der Waals surface area contributed by atoms with Gasteiger partial charge in [0.05, 0.1) is 43.5 Å². The molecular weight excluding hydrogens is 323 g/mol. The fourth-order valence-electron chi connectivity index (χ4n) is 3.20. The maximum atomic E-state index is 13.3. The molecule has 0 unspecified atom stereocenters. The van der Waals surface area contributed by atoms with E-state index < -0.39 is 0 Å². The molecule has 0 saturated carbocycles. The van der Waals surface area contributed by atoms with Gasteiger partial charge in [0, 0.05) is 22.7 Å². The van der Waals surface area contributed by atoms with E-state index in [-0.39, 0.29) is 5.82 Å². The monoisotopic (exact) mass is 336 g/mol. The van der Waals surface area contributed by atoms with Crippen molar-refractivity contribution < 1.29 is 9.13 Å². The molecule has 0 spiro atoms. The minimum absolute atomic E-state index is 0.376. The van der Waals surface area contributed by atoms with Crippen LogP contribution in [0.25, 0.3) is 33.5 Å². The SMILES string of the molecule is Fc1ccc(-c2nn3c(c2-c2ccnc4[nH]ncc24)COCC3)nc1. The molecule has 5 heterocycles. The maximum Gasteiger partial charge on any atom is 0.155 e. The largest absolute Gasteiger partial charge is 0.373 e. The van der Waals surface area contributed by atoms with Gasteiger partial charge in [0.1, 0.15) is 11.5 Å². The van der Waals surface area contributed by atoms with Gasteiger partial charge in [0.15, 0.2) is 5.65 Å². The zero-order chi connectivity index (χ0) is 16.8. The average molecular weight is 336 g/mol. The van der Waals surface area contributed by atoms with Crippen molar-refractivity contribution in [2.75, 3.05) is 6.61 Å². The summed E-state index contributed by atoms with van der Waals surface area (Å²) in [6, 6.07) is 4.96. The number of pyridine rings is 2. The van der Waals surface area contributed by atoms with Gasteiger partial charge >= 0.3 is 0 Å². The first-order valence-corrected chi connectivity index (χ1v) is 7.89. The Balaban J connectivity index is 1.81. The van der Waals surface area contributed by atoms with Crippen LogP contribution in [-0.4, -0.2) is 36.6 Å². The number of hydrogen-bond acceptors (Lipinski definition) is 5. The molecule has 5 rings (SSSR count). The molecule has 0 atom stereocenters. The Kier molecular flexibility index (Phi) is 3.10. The zero-order valence-corrected chi connectivity index (χ0v) is 13.1. The lowest BCUT2D eigenvalue weighted by Gasteiger charge is -2.15. The summed E-state index contributed by atoms with van der Waals surface area (Å²) in [5.74, 6) is -0.376. The van der Waals surface area contributed by atoms with Crippen molar-refractivity contribution in [3.8, 4) is 22.5 Å². The zero-order valence-electron chi connectivity index (χ0n) is 13.1. The standard InChI is InChI=1S/C17H13FN6O/c18-10-1-2-13(20-7-10)16-15(14-9-25-6-5-24(14)23-16)11-3-4-19-17-12(11)8-21-22-17/h1-4,7-8H,5-6,9H2,(H,19,21,22). The highest BCUT2D eigenvalue weighted by Gasteiger charge is 2.25. The van der Waals surface area contributed by atoms with Crippen LogP contribution in [0.4, 0.5) is 4.39 Å². The molecule has 25 heavy (non-hydrogen) atoms. The minimum Gasteiger partial charge on any atom is -0.373 e. The normalized spacial score (nSPS) is 14.0. The van der Waals surface area contributed by atoms with E-state index in [1.165, 1.54) is 12.3 Å². The van der Waals surface area contributed by atoms with Gasteiger partial charge in [0.25, 0.3) is 0 Å². The van der Waals surface area contributed by atoms with Gasteiger partial charge < -0.3 is 4.74 Å². The number of nitrogens with zero attached hydrogens (tertiary/aromatic N) is 5. The Labute approximate surface area is 141 Å². The number of aromatic nitrogens is 6. The summed E-state index contributed by atoms with van der Waals surface area (Å²) < 4.78 is 20.9. The lowest BCUT2D eigenvalue weighted by molar-refractivity contribution is 0.0805. The van der Waals surface area contributed by atoms with Crippen molar-refractivity contribution in [2.24, 2.45) is 0 Å². The lowest BCUT2D eigenvalue weighted by Crippen LogP contribution is -2.17. The first kappa shape index (κ1) is 14.2. The number of fused-ring (bicyclic) bond motifs is 2. The van der Waals surface area contributed by atoms with Gasteiger partial charge in [-0.2, -0.15) is 10.2 Å². The molecule has 1 N–H and O–H groups in total. The number of H-pyrrole nitrogens is 1. The van der Waals surface area contributed by atoms with Gasteiger partial charge in [-0.3, -0.25) is 14.8 Å². The highest BCUT2D eigenvalue weighted by Crippen LogP contribution is 2.38. The van der Waals surface area contributed by atoms with Crippen molar-refractivity contribution in [2.45, 2.75) is 13.2 Å². The molecule has 0 bridgehead atoms. The first-order valence-electron chi connectivity index (χ1n) is 7.89. The van der Waals surface area contributed by atoms with Crippen molar-refractivity contribution in [3.05, 3.63) is 48.3 Å². The summed E-state index contributed by atoms with van der Waals surface area (Å²) in [7, 11) is 0. The van der Waals surface area contributed by atoms with Crippen LogP contribution in [0.15, 0.2) is 36.8 Å². The van der Waals surface area contributed by atoms with E-state index in [0.717, 1.165) is 22.2 Å². The molecule has 0 aliphatic carbocycles. The van der Waals surface area contributed by atoms with Gasteiger partial charge in [-0.05, 0) is 18.2 Å². The predicted molar refractivity (Wildman–Crippen MR) is 88.0 cm³/mol. The highest BCUT2D eigenvalue weighted by molar-refractivity contribution is 5.97. The van der Waals surface area contributed by atoms with Gasteiger partial charge in [-0.1, -0.05) is 0 Å². The summed E-state index contributed by atoms with van der Waals surface area (Å²) in [6.45, 7) is 1.75. The minimum atomic E-state index is -0.376. The molecule has 4 aromatic heterocycles. The second kappa shape index (κ2) is 5.45. The van der Waals surface area contributed by atoms with Crippen molar-refractivity contribution in [1.29, 1.82) is 0 Å². The number of ether oxygens (including phenoxy) is 1. The number of nitrogens with one attached hydrogen (secondary N) is 1. The number of rotatable bonds is 2. The molecule has 1 aliphatic rings. The smallest absolute Gasteiger partial charge is 0.155 e. The number of halogens is 1. The fourth-order valence-corrected chi connectivity index (χ4v) is 3.20. The summed E-state index contributed by atoms with van der Waals surface area (Å²) in [5, 5.41) is 12.6. The summed E-state index contributed by atoms with van der Waals surface area (Å²) in [6.07, 6.45) is 4.67. The van der Waals surface area contributed by atoms with Crippen molar-refractivity contribution in [3.63, 3.8) is 0 Å². The number of aromatic amines is 1. The van der Waals surface area contributed by atoms with E-state index in [4.69, 9.17) is 9.84 Å². The van der Waals surface area contributed by atoms with Crippen LogP contribution in [0.5, 0.6) is 0 Å². The van der Waals surface area contributed by atoms with Crippen LogP contribution in [0.3, 0.4) is 0 Å². The van der Waals surface area contributed by atoms with Crippen LogP contribution in [0.2, 0.25) is 0 Å². The Hall–Kier alpha value is -3.13. The molecule has 1 aliphatic heterocycles. The van der Waals surface area contributed by atoms with Crippen LogP contribution in [0.1, 0.15) is 5.69 Å². The van der Waals surface area contributed by atoms with Crippen LogP contribution >= 0.6 is 0 Å².